The molecule has 2 atom stereocenters. The van der Waals surface area contributed by atoms with Gasteiger partial charge in [0.05, 0.1) is 6.54 Å². The largest absolute Gasteiger partial charge is 0.444 e. The molecule has 0 saturated carbocycles. The fraction of sp³-hybridized carbons (Fsp3) is 0.588. The molecule has 0 radical (unpaired) electrons. The molecule has 2 rings (SSSR count). The standard InChI is InChI=1S/C17H24FNO2/c1-16(2,3)21-15(20)19-11-14(17(4,18)12-19)10-13-8-6-5-7-9-13/h5-9,14H,10-12H2,1-4H3/t14-,17+/m1/s1. The van der Waals surface area contributed by atoms with Gasteiger partial charge < -0.3 is 9.64 Å². The molecule has 1 aliphatic heterocycles. The van der Waals surface area contributed by atoms with Gasteiger partial charge >= 0.3 is 6.09 Å². The van der Waals surface area contributed by atoms with Gasteiger partial charge in [-0.15, -0.1) is 0 Å². The minimum absolute atomic E-state index is 0.0966. The molecule has 4 heteroatoms. The highest BCUT2D eigenvalue weighted by Gasteiger charge is 2.45. The number of amides is 1. The number of nitrogens with zero attached hydrogens (tertiary/aromatic N) is 1. The van der Waals surface area contributed by atoms with E-state index in [0.717, 1.165) is 5.56 Å². The van der Waals surface area contributed by atoms with Crippen LogP contribution in [0.15, 0.2) is 30.3 Å². The summed E-state index contributed by atoms with van der Waals surface area (Å²) < 4.78 is 20.1. The van der Waals surface area contributed by atoms with E-state index in [4.69, 9.17) is 4.74 Å². The molecule has 21 heavy (non-hydrogen) atoms. The van der Waals surface area contributed by atoms with Crippen LogP contribution in [0.3, 0.4) is 0 Å². The van der Waals surface area contributed by atoms with Crippen LogP contribution in [-0.2, 0) is 11.2 Å². The van der Waals surface area contributed by atoms with E-state index in [0.29, 0.717) is 13.0 Å². The molecule has 1 aromatic carbocycles. The lowest BCUT2D eigenvalue weighted by Gasteiger charge is -2.24. The van der Waals surface area contributed by atoms with Crippen molar-refractivity contribution in [3.05, 3.63) is 35.9 Å². The second-order valence-corrected chi connectivity index (χ2v) is 7.03. The number of carbonyl (C=O) groups excluding carboxylic acids is 1. The van der Waals surface area contributed by atoms with Crippen molar-refractivity contribution in [1.82, 2.24) is 4.90 Å². The van der Waals surface area contributed by atoms with E-state index in [2.05, 4.69) is 0 Å². The van der Waals surface area contributed by atoms with Gasteiger partial charge in [-0.3, -0.25) is 0 Å². The second kappa shape index (κ2) is 5.66. The highest BCUT2D eigenvalue weighted by atomic mass is 19.1. The van der Waals surface area contributed by atoms with Gasteiger partial charge in [-0.2, -0.15) is 0 Å². The summed E-state index contributed by atoms with van der Waals surface area (Å²) in [5, 5.41) is 0. The van der Waals surface area contributed by atoms with E-state index in [1.165, 1.54) is 4.90 Å². The molecule has 0 spiro atoms. The van der Waals surface area contributed by atoms with E-state index in [9.17, 15) is 9.18 Å². The summed E-state index contributed by atoms with van der Waals surface area (Å²) in [6.45, 7) is 7.52. The quantitative estimate of drug-likeness (QED) is 0.829. The van der Waals surface area contributed by atoms with Crippen molar-refractivity contribution in [2.45, 2.75) is 45.4 Å². The van der Waals surface area contributed by atoms with Crippen LogP contribution in [0.2, 0.25) is 0 Å². The molecule has 3 nitrogen and oxygen atoms in total. The summed E-state index contributed by atoms with van der Waals surface area (Å²) in [6, 6.07) is 9.83. The second-order valence-electron chi connectivity index (χ2n) is 7.03. The zero-order valence-electron chi connectivity index (χ0n) is 13.2. The Morgan fingerprint density at radius 3 is 2.57 bits per heavy atom. The molecule has 1 fully saturated rings. The summed E-state index contributed by atoms with van der Waals surface area (Å²) in [6.07, 6.45) is 0.203. The van der Waals surface area contributed by atoms with Gasteiger partial charge in [-0.25, -0.2) is 9.18 Å². The average molecular weight is 293 g/mol. The van der Waals surface area contributed by atoms with E-state index in [1.807, 2.05) is 51.1 Å². The first-order chi connectivity index (χ1) is 9.67. The number of hydrogen-bond acceptors (Lipinski definition) is 2. The highest BCUT2D eigenvalue weighted by molar-refractivity contribution is 5.68. The average Bonchev–Trinajstić information content (AvgIpc) is 2.64. The first-order valence-corrected chi connectivity index (χ1v) is 7.38. The Bertz CT molecular complexity index is 493. The van der Waals surface area contributed by atoms with Crippen molar-refractivity contribution in [3.63, 3.8) is 0 Å². The van der Waals surface area contributed by atoms with Gasteiger partial charge in [-0.05, 0) is 39.7 Å². The van der Waals surface area contributed by atoms with Crippen LogP contribution < -0.4 is 0 Å². The van der Waals surface area contributed by atoms with Crippen molar-refractivity contribution in [2.24, 2.45) is 5.92 Å². The third-order valence-corrected chi connectivity index (χ3v) is 3.77. The minimum Gasteiger partial charge on any atom is -0.444 e. The molecule has 1 aromatic rings. The smallest absolute Gasteiger partial charge is 0.410 e. The van der Waals surface area contributed by atoms with Crippen LogP contribution >= 0.6 is 0 Å². The predicted molar refractivity (Wildman–Crippen MR) is 81.0 cm³/mol. The van der Waals surface area contributed by atoms with E-state index in [-0.39, 0.29) is 12.5 Å². The predicted octanol–water partition coefficient (Wildman–Crippen LogP) is 3.82. The Labute approximate surface area is 126 Å². The van der Waals surface area contributed by atoms with Gasteiger partial charge in [0.2, 0.25) is 0 Å². The zero-order valence-corrected chi connectivity index (χ0v) is 13.2. The SMILES string of the molecule is CC(C)(C)OC(=O)N1C[C@@H](Cc2ccccc2)[C@@](C)(F)C1. The summed E-state index contributed by atoms with van der Waals surface area (Å²) >= 11 is 0. The number of ether oxygens (including phenoxy) is 1. The Morgan fingerprint density at radius 2 is 2.00 bits per heavy atom. The van der Waals surface area contributed by atoms with Crippen molar-refractivity contribution in [3.8, 4) is 0 Å². The van der Waals surface area contributed by atoms with Crippen molar-refractivity contribution in [2.75, 3.05) is 13.1 Å². The lowest BCUT2D eigenvalue weighted by Crippen LogP contribution is -2.36. The topological polar surface area (TPSA) is 29.5 Å². The van der Waals surface area contributed by atoms with E-state index < -0.39 is 17.4 Å². The normalized spacial score (nSPS) is 26.0. The van der Waals surface area contributed by atoms with Crippen LogP contribution in [-0.4, -0.2) is 35.4 Å². The third kappa shape index (κ3) is 4.19. The molecule has 0 N–H and O–H groups in total. The number of benzene rings is 1. The lowest BCUT2D eigenvalue weighted by molar-refractivity contribution is 0.0264. The first-order valence-electron chi connectivity index (χ1n) is 7.38. The zero-order chi connectivity index (χ0) is 15.7. The molecule has 0 unspecified atom stereocenters. The summed E-state index contributed by atoms with van der Waals surface area (Å²) in [7, 11) is 0. The number of hydrogen-bond donors (Lipinski definition) is 0. The van der Waals surface area contributed by atoms with E-state index in [1.54, 1.807) is 6.92 Å². The maximum absolute atomic E-state index is 14.8. The molecule has 0 aliphatic carbocycles. The number of halogens is 1. The van der Waals surface area contributed by atoms with Gasteiger partial charge in [-0.1, -0.05) is 30.3 Å². The summed E-state index contributed by atoms with van der Waals surface area (Å²) in [4.78, 5) is 13.6. The third-order valence-electron chi connectivity index (χ3n) is 3.77. The molecule has 0 aromatic heterocycles. The van der Waals surface area contributed by atoms with Gasteiger partial charge in [0.15, 0.2) is 0 Å². The fourth-order valence-electron chi connectivity index (χ4n) is 2.66. The highest BCUT2D eigenvalue weighted by Crippen LogP contribution is 2.34. The van der Waals surface area contributed by atoms with Crippen molar-refractivity contribution < 1.29 is 13.9 Å². The molecular formula is C17H24FNO2. The molecule has 0 bridgehead atoms. The van der Waals surface area contributed by atoms with Gasteiger partial charge in [0.25, 0.3) is 0 Å². The Morgan fingerprint density at radius 1 is 1.38 bits per heavy atom. The fourth-order valence-corrected chi connectivity index (χ4v) is 2.66. The van der Waals surface area contributed by atoms with Crippen LogP contribution in [0.4, 0.5) is 9.18 Å². The molecule has 1 heterocycles. The number of rotatable bonds is 2. The molecular weight excluding hydrogens is 269 g/mol. The van der Waals surface area contributed by atoms with Crippen molar-refractivity contribution in [1.29, 1.82) is 0 Å². The van der Waals surface area contributed by atoms with Crippen LogP contribution in [0.5, 0.6) is 0 Å². The number of alkyl halides is 1. The Kier molecular flexibility index (Phi) is 4.26. The maximum atomic E-state index is 14.8. The van der Waals surface area contributed by atoms with Crippen LogP contribution in [0, 0.1) is 5.92 Å². The molecule has 1 saturated heterocycles. The number of carbonyl (C=O) groups is 1. The minimum atomic E-state index is -1.38. The maximum Gasteiger partial charge on any atom is 0.410 e. The van der Waals surface area contributed by atoms with Crippen molar-refractivity contribution >= 4 is 6.09 Å². The summed E-state index contributed by atoms with van der Waals surface area (Å²) in [5.41, 5.74) is -0.842. The molecule has 1 aliphatic rings. The van der Waals surface area contributed by atoms with Crippen LogP contribution in [0.1, 0.15) is 33.3 Å². The van der Waals surface area contributed by atoms with Gasteiger partial charge in [0, 0.05) is 12.5 Å². The summed E-state index contributed by atoms with van der Waals surface area (Å²) in [5.74, 6) is -0.201. The lowest BCUT2D eigenvalue weighted by atomic mass is 9.89. The first kappa shape index (κ1) is 15.8. The molecule has 1 amide bonds. The Balaban J connectivity index is 2.03. The molecule has 116 valence electrons. The Hall–Kier alpha value is -1.58. The number of likely N-dealkylation sites (tertiary alicyclic amines) is 1. The monoisotopic (exact) mass is 293 g/mol. The van der Waals surface area contributed by atoms with E-state index >= 15 is 0 Å². The van der Waals surface area contributed by atoms with Crippen LogP contribution in [0.25, 0.3) is 0 Å². The van der Waals surface area contributed by atoms with Gasteiger partial charge in [0.1, 0.15) is 11.3 Å².